The maximum absolute atomic E-state index is 10.1. The van der Waals surface area contributed by atoms with E-state index in [0.29, 0.717) is 6.42 Å². The van der Waals surface area contributed by atoms with E-state index in [-0.39, 0.29) is 0 Å². The minimum Gasteiger partial charge on any atom is -0.389 e. The summed E-state index contributed by atoms with van der Waals surface area (Å²) in [5.74, 6) is 6.26. The van der Waals surface area contributed by atoms with E-state index < -0.39 is 5.60 Å². The number of aliphatic hydroxyl groups is 1. The molecular weight excluding hydrogens is 196 g/mol. The van der Waals surface area contributed by atoms with Crippen LogP contribution < -0.4 is 0 Å². The van der Waals surface area contributed by atoms with Crippen LogP contribution in [0, 0.1) is 11.8 Å². The highest BCUT2D eigenvalue weighted by Crippen LogP contribution is 2.31. The molecule has 0 radical (unpaired) electrons. The van der Waals surface area contributed by atoms with Crippen LogP contribution in [0.4, 0.5) is 0 Å². The van der Waals surface area contributed by atoms with E-state index in [1.807, 2.05) is 18.2 Å². The molecule has 1 fully saturated rings. The SMILES string of the molecule is OC1(CC#CCc2ccccc2)CCCC1. The standard InChI is InChI=1S/C15H18O/c16-15(12-6-7-13-15)11-5-4-10-14-8-2-1-3-9-14/h1-3,8-9,16H,6-7,10-13H2. The van der Waals surface area contributed by atoms with Crippen LogP contribution in [0.2, 0.25) is 0 Å². The minimum absolute atomic E-state index is 0.482. The van der Waals surface area contributed by atoms with Gasteiger partial charge in [0.1, 0.15) is 0 Å². The first-order valence-corrected chi connectivity index (χ1v) is 6.01. The summed E-state index contributed by atoms with van der Waals surface area (Å²) in [4.78, 5) is 0. The summed E-state index contributed by atoms with van der Waals surface area (Å²) in [6.07, 6.45) is 5.57. The van der Waals surface area contributed by atoms with Gasteiger partial charge in [0.05, 0.1) is 5.60 Å². The van der Waals surface area contributed by atoms with E-state index in [9.17, 15) is 5.11 Å². The molecule has 1 heteroatoms. The van der Waals surface area contributed by atoms with Crippen molar-refractivity contribution in [3.8, 4) is 11.8 Å². The van der Waals surface area contributed by atoms with Gasteiger partial charge < -0.3 is 5.11 Å². The molecule has 0 saturated heterocycles. The van der Waals surface area contributed by atoms with Gasteiger partial charge in [0, 0.05) is 12.8 Å². The van der Waals surface area contributed by atoms with Crippen molar-refractivity contribution >= 4 is 0 Å². The molecule has 16 heavy (non-hydrogen) atoms. The summed E-state index contributed by atoms with van der Waals surface area (Å²) in [6.45, 7) is 0. The fraction of sp³-hybridized carbons (Fsp3) is 0.467. The van der Waals surface area contributed by atoms with Gasteiger partial charge in [-0.3, -0.25) is 0 Å². The molecule has 1 N–H and O–H groups in total. The normalized spacial score (nSPS) is 17.8. The molecule has 1 aromatic carbocycles. The van der Waals surface area contributed by atoms with E-state index in [1.165, 1.54) is 5.56 Å². The number of hydrogen-bond acceptors (Lipinski definition) is 1. The van der Waals surface area contributed by atoms with Gasteiger partial charge in [0.2, 0.25) is 0 Å². The van der Waals surface area contributed by atoms with Crippen molar-refractivity contribution in [2.75, 3.05) is 0 Å². The lowest BCUT2D eigenvalue weighted by Crippen LogP contribution is -2.22. The lowest BCUT2D eigenvalue weighted by Gasteiger charge is -2.17. The first kappa shape index (κ1) is 11.2. The Balaban J connectivity index is 1.82. The summed E-state index contributed by atoms with van der Waals surface area (Å²) in [7, 11) is 0. The van der Waals surface area contributed by atoms with Crippen LogP contribution in [0.3, 0.4) is 0 Å². The van der Waals surface area contributed by atoms with Crippen molar-refractivity contribution in [3.63, 3.8) is 0 Å². The maximum atomic E-state index is 10.1. The Labute approximate surface area is 97.5 Å². The topological polar surface area (TPSA) is 20.2 Å². The second-order valence-electron chi connectivity index (χ2n) is 4.62. The highest BCUT2D eigenvalue weighted by atomic mass is 16.3. The molecule has 0 unspecified atom stereocenters. The van der Waals surface area contributed by atoms with Crippen molar-refractivity contribution in [2.45, 2.75) is 44.1 Å². The number of benzene rings is 1. The molecule has 0 heterocycles. The average molecular weight is 214 g/mol. The smallest absolute Gasteiger partial charge is 0.0756 e. The largest absolute Gasteiger partial charge is 0.389 e. The molecule has 0 aromatic heterocycles. The van der Waals surface area contributed by atoms with Crippen molar-refractivity contribution in [1.82, 2.24) is 0 Å². The van der Waals surface area contributed by atoms with E-state index in [4.69, 9.17) is 0 Å². The summed E-state index contributed by atoms with van der Waals surface area (Å²) < 4.78 is 0. The van der Waals surface area contributed by atoms with Gasteiger partial charge in [-0.05, 0) is 18.4 Å². The van der Waals surface area contributed by atoms with Gasteiger partial charge in [-0.25, -0.2) is 0 Å². The van der Waals surface area contributed by atoms with Crippen LogP contribution in [0.1, 0.15) is 37.7 Å². The van der Waals surface area contributed by atoms with E-state index in [2.05, 4.69) is 24.0 Å². The van der Waals surface area contributed by atoms with Gasteiger partial charge in [-0.2, -0.15) is 0 Å². The maximum Gasteiger partial charge on any atom is 0.0756 e. The molecule has 0 amide bonds. The predicted octanol–water partition coefficient (Wildman–Crippen LogP) is 2.93. The minimum atomic E-state index is -0.482. The third-order valence-corrected chi connectivity index (χ3v) is 3.21. The first-order valence-electron chi connectivity index (χ1n) is 6.01. The quantitative estimate of drug-likeness (QED) is 0.750. The summed E-state index contributed by atoms with van der Waals surface area (Å²) >= 11 is 0. The Bertz CT molecular complexity index is 377. The van der Waals surface area contributed by atoms with Gasteiger partial charge in [-0.15, -0.1) is 0 Å². The monoisotopic (exact) mass is 214 g/mol. The molecule has 0 bridgehead atoms. The third-order valence-electron chi connectivity index (χ3n) is 3.21. The molecule has 84 valence electrons. The molecule has 0 aliphatic heterocycles. The van der Waals surface area contributed by atoms with Gasteiger partial charge in [0.15, 0.2) is 0 Å². The van der Waals surface area contributed by atoms with Gasteiger partial charge in [-0.1, -0.05) is 55.0 Å². The molecule has 0 atom stereocenters. The Hall–Kier alpha value is -1.26. The molecule has 1 aromatic rings. The molecule has 1 nitrogen and oxygen atoms in total. The third kappa shape index (κ3) is 3.12. The zero-order valence-corrected chi connectivity index (χ0v) is 9.58. The summed E-state index contributed by atoms with van der Waals surface area (Å²) in [5.41, 5.74) is 0.761. The van der Waals surface area contributed by atoms with Crippen LogP contribution in [0.25, 0.3) is 0 Å². The van der Waals surface area contributed by atoms with Crippen molar-refractivity contribution < 1.29 is 5.11 Å². The Morgan fingerprint density at radius 1 is 1.06 bits per heavy atom. The van der Waals surface area contributed by atoms with E-state index in [0.717, 1.165) is 32.1 Å². The van der Waals surface area contributed by atoms with Gasteiger partial charge >= 0.3 is 0 Å². The molecule has 1 aliphatic rings. The predicted molar refractivity (Wildman–Crippen MR) is 66.0 cm³/mol. The van der Waals surface area contributed by atoms with E-state index >= 15 is 0 Å². The lowest BCUT2D eigenvalue weighted by molar-refractivity contribution is 0.0532. The fourth-order valence-electron chi connectivity index (χ4n) is 2.20. The van der Waals surface area contributed by atoms with Crippen molar-refractivity contribution in [3.05, 3.63) is 35.9 Å². The Morgan fingerprint density at radius 2 is 1.75 bits per heavy atom. The van der Waals surface area contributed by atoms with Crippen LogP contribution in [0.15, 0.2) is 30.3 Å². The molecule has 2 rings (SSSR count). The van der Waals surface area contributed by atoms with Crippen LogP contribution in [-0.4, -0.2) is 10.7 Å². The zero-order chi connectivity index (χ0) is 11.3. The zero-order valence-electron chi connectivity index (χ0n) is 9.58. The highest BCUT2D eigenvalue weighted by molar-refractivity contribution is 5.21. The Kier molecular flexibility index (Phi) is 3.64. The van der Waals surface area contributed by atoms with Crippen LogP contribution in [0.5, 0.6) is 0 Å². The second-order valence-corrected chi connectivity index (χ2v) is 4.62. The molecule has 1 saturated carbocycles. The number of rotatable bonds is 2. The van der Waals surface area contributed by atoms with Crippen molar-refractivity contribution in [1.29, 1.82) is 0 Å². The lowest BCUT2D eigenvalue weighted by atomic mass is 9.98. The fourth-order valence-corrected chi connectivity index (χ4v) is 2.20. The van der Waals surface area contributed by atoms with Gasteiger partial charge in [0.25, 0.3) is 0 Å². The average Bonchev–Trinajstić information content (AvgIpc) is 2.74. The van der Waals surface area contributed by atoms with Crippen LogP contribution in [-0.2, 0) is 6.42 Å². The number of hydrogen-bond donors (Lipinski definition) is 1. The first-order chi connectivity index (χ1) is 7.79. The molecule has 1 aliphatic carbocycles. The summed E-state index contributed by atoms with van der Waals surface area (Å²) in [6, 6.07) is 10.2. The molecule has 0 spiro atoms. The van der Waals surface area contributed by atoms with Crippen molar-refractivity contribution in [2.24, 2.45) is 0 Å². The van der Waals surface area contributed by atoms with E-state index in [1.54, 1.807) is 0 Å². The molecular formula is C15H18O. The van der Waals surface area contributed by atoms with Crippen LogP contribution >= 0.6 is 0 Å². The Morgan fingerprint density at radius 3 is 2.44 bits per heavy atom. The summed E-state index contributed by atoms with van der Waals surface area (Å²) in [5, 5.41) is 10.1. The second kappa shape index (κ2) is 5.18. The highest BCUT2D eigenvalue weighted by Gasteiger charge is 2.29.